The van der Waals surface area contributed by atoms with Crippen LogP contribution in [0.5, 0.6) is 0 Å². The summed E-state index contributed by atoms with van der Waals surface area (Å²) in [6, 6.07) is 9.45. The van der Waals surface area contributed by atoms with E-state index in [4.69, 9.17) is 4.52 Å². The molecule has 6 nitrogen and oxygen atoms in total. The van der Waals surface area contributed by atoms with E-state index >= 15 is 0 Å². The molecule has 0 saturated carbocycles. The lowest BCUT2D eigenvalue weighted by Crippen LogP contribution is -2.27. The molecule has 0 bridgehead atoms. The van der Waals surface area contributed by atoms with Gasteiger partial charge in [-0.1, -0.05) is 23.4 Å². The second kappa shape index (κ2) is 5.42. The Morgan fingerprint density at radius 1 is 1.40 bits per heavy atom. The van der Waals surface area contributed by atoms with Crippen molar-refractivity contribution in [2.45, 2.75) is 18.9 Å². The van der Waals surface area contributed by atoms with Gasteiger partial charge in [0.1, 0.15) is 0 Å². The summed E-state index contributed by atoms with van der Waals surface area (Å²) in [6.45, 7) is 0.945. The Hall–Kier alpha value is -2.21. The smallest absolute Gasteiger partial charge is 0.299 e. The first-order valence-electron chi connectivity index (χ1n) is 6.66. The summed E-state index contributed by atoms with van der Waals surface area (Å²) in [6.07, 6.45) is 2.05. The topological polar surface area (TPSA) is 71.3 Å². The Labute approximate surface area is 116 Å². The first-order valence-corrected chi connectivity index (χ1v) is 6.66. The summed E-state index contributed by atoms with van der Waals surface area (Å²) in [5.74, 6) is 0.316. The van der Waals surface area contributed by atoms with Crippen molar-refractivity contribution in [1.29, 1.82) is 0 Å². The lowest BCUT2D eigenvalue weighted by atomic mass is 10.2. The van der Waals surface area contributed by atoms with Crippen LogP contribution >= 0.6 is 0 Å². The number of hydrogen-bond donors (Lipinski definition) is 1. The predicted molar refractivity (Wildman–Crippen MR) is 73.5 cm³/mol. The molecule has 1 aromatic heterocycles. The van der Waals surface area contributed by atoms with Crippen molar-refractivity contribution in [3.63, 3.8) is 0 Å². The number of rotatable bonds is 3. The number of hydrogen-bond acceptors (Lipinski definition) is 5. The quantitative estimate of drug-likeness (QED) is 0.922. The monoisotopic (exact) mass is 272 g/mol. The zero-order valence-electron chi connectivity index (χ0n) is 11.2. The van der Waals surface area contributed by atoms with Crippen LogP contribution in [0.4, 0.5) is 5.69 Å². The summed E-state index contributed by atoms with van der Waals surface area (Å²) in [7, 11) is 1.70. The van der Waals surface area contributed by atoms with E-state index < -0.39 is 0 Å². The van der Waals surface area contributed by atoms with Crippen LogP contribution in [0.15, 0.2) is 34.9 Å². The maximum absolute atomic E-state index is 12.3. The molecule has 0 aliphatic carbocycles. The van der Waals surface area contributed by atoms with E-state index in [0.29, 0.717) is 5.89 Å². The molecule has 0 spiro atoms. The van der Waals surface area contributed by atoms with E-state index in [1.807, 2.05) is 30.3 Å². The Kier molecular flexibility index (Phi) is 3.47. The fraction of sp³-hybridized carbons (Fsp3) is 0.357. The van der Waals surface area contributed by atoms with Gasteiger partial charge >= 0.3 is 0 Å². The maximum atomic E-state index is 12.3. The summed E-state index contributed by atoms with van der Waals surface area (Å²) < 4.78 is 5.18. The number of para-hydroxylation sites is 1. The molecule has 1 aliphatic rings. The van der Waals surface area contributed by atoms with Crippen molar-refractivity contribution in [2.24, 2.45) is 0 Å². The van der Waals surface area contributed by atoms with Gasteiger partial charge in [-0.05, 0) is 31.5 Å². The van der Waals surface area contributed by atoms with Gasteiger partial charge in [0, 0.05) is 12.7 Å². The standard InChI is InChI=1S/C14H16N4O2/c1-18(10-6-3-2-4-7-10)14(19)12-16-13(20-17-12)11-8-5-9-15-11/h2-4,6-7,11,15H,5,8-9H2,1H3. The van der Waals surface area contributed by atoms with Gasteiger partial charge in [0.2, 0.25) is 5.89 Å². The third-order valence-electron chi connectivity index (χ3n) is 3.44. The normalized spacial score (nSPS) is 18.1. The first-order chi connectivity index (χ1) is 9.75. The van der Waals surface area contributed by atoms with Crippen molar-refractivity contribution in [3.8, 4) is 0 Å². The molecule has 1 amide bonds. The number of benzene rings is 1. The molecule has 1 atom stereocenters. The second-order valence-electron chi connectivity index (χ2n) is 4.80. The van der Waals surface area contributed by atoms with Crippen LogP contribution in [-0.4, -0.2) is 29.6 Å². The van der Waals surface area contributed by atoms with Crippen molar-refractivity contribution in [1.82, 2.24) is 15.5 Å². The number of nitrogens with zero attached hydrogens (tertiary/aromatic N) is 3. The van der Waals surface area contributed by atoms with Crippen LogP contribution in [-0.2, 0) is 0 Å². The Morgan fingerprint density at radius 3 is 2.90 bits per heavy atom. The molecule has 1 aliphatic heterocycles. The average Bonchev–Trinajstić information content (AvgIpc) is 3.17. The van der Waals surface area contributed by atoms with E-state index in [1.165, 1.54) is 4.90 Å². The van der Waals surface area contributed by atoms with E-state index in [2.05, 4.69) is 15.5 Å². The van der Waals surface area contributed by atoms with Crippen LogP contribution in [0.1, 0.15) is 35.4 Å². The molecule has 0 radical (unpaired) electrons. The number of amides is 1. The van der Waals surface area contributed by atoms with E-state index in [0.717, 1.165) is 25.1 Å². The Balaban J connectivity index is 1.77. The summed E-state index contributed by atoms with van der Waals surface area (Å²) in [5.41, 5.74) is 0.794. The SMILES string of the molecule is CN(C(=O)c1noc(C2CCCN2)n1)c1ccccc1. The van der Waals surface area contributed by atoms with Gasteiger partial charge < -0.3 is 14.7 Å². The number of nitrogens with one attached hydrogen (secondary N) is 1. The van der Waals surface area contributed by atoms with Crippen LogP contribution < -0.4 is 10.2 Å². The van der Waals surface area contributed by atoms with Gasteiger partial charge in [-0.3, -0.25) is 4.79 Å². The molecule has 20 heavy (non-hydrogen) atoms. The highest BCUT2D eigenvalue weighted by Crippen LogP contribution is 2.21. The third-order valence-corrected chi connectivity index (χ3v) is 3.44. The minimum Gasteiger partial charge on any atom is -0.337 e. The highest BCUT2D eigenvalue weighted by Gasteiger charge is 2.25. The summed E-state index contributed by atoms with van der Waals surface area (Å²) in [4.78, 5) is 18.0. The van der Waals surface area contributed by atoms with Gasteiger partial charge in [0.05, 0.1) is 6.04 Å². The number of carbonyl (C=O) groups excluding carboxylic acids is 1. The number of aromatic nitrogens is 2. The average molecular weight is 272 g/mol. The minimum atomic E-state index is -0.274. The van der Waals surface area contributed by atoms with E-state index in [1.54, 1.807) is 7.05 Å². The molecule has 2 aromatic rings. The van der Waals surface area contributed by atoms with Gasteiger partial charge in [0.25, 0.3) is 11.7 Å². The molecule has 104 valence electrons. The molecular weight excluding hydrogens is 256 g/mol. The van der Waals surface area contributed by atoms with Gasteiger partial charge in [-0.15, -0.1) is 0 Å². The molecule has 1 fully saturated rings. The fourth-order valence-corrected chi connectivity index (χ4v) is 2.28. The first kappa shape index (κ1) is 12.8. The van der Waals surface area contributed by atoms with E-state index in [9.17, 15) is 4.79 Å². The van der Waals surface area contributed by atoms with Crippen molar-refractivity contribution in [3.05, 3.63) is 42.0 Å². The van der Waals surface area contributed by atoms with Gasteiger partial charge in [-0.25, -0.2) is 0 Å². The molecule has 1 unspecified atom stereocenters. The van der Waals surface area contributed by atoms with Crippen LogP contribution in [0.2, 0.25) is 0 Å². The van der Waals surface area contributed by atoms with Gasteiger partial charge in [-0.2, -0.15) is 4.98 Å². The Bertz CT molecular complexity index is 590. The van der Waals surface area contributed by atoms with E-state index in [-0.39, 0.29) is 17.8 Å². The van der Waals surface area contributed by atoms with Crippen molar-refractivity contribution >= 4 is 11.6 Å². The third kappa shape index (κ3) is 2.42. The van der Waals surface area contributed by atoms with Crippen molar-refractivity contribution in [2.75, 3.05) is 18.5 Å². The second-order valence-corrected chi connectivity index (χ2v) is 4.80. The van der Waals surface area contributed by atoms with Crippen molar-refractivity contribution < 1.29 is 9.32 Å². The molecule has 2 heterocycles. The molecule has 1 N–H and O–H groups in total. The minimum absolute atomic E-state index is 0.0751. The van der Waals surface area contributed by atoms with Crippen LogP contribution in [0, 0.1) is 0 Å². The highest BCUT2D eigenvalue weighted by molar-refractivity contribution is 6.02. The van der Waals surface area contributed by atoms with Crippen LogP contribution in [0.25, 0.3) is 0 Å². The fourth-order valence-electron chi connectivity index (χ4n) is 2.28. The highest BCUT2D eigenvalue weighted by atomic mass is 16.5. The molecule has 6 heteroatoms. The zero-order chi connectivity index (χ0) is 13.9. The van der Waals surface area contributed by atoms with Gasteiger partial charge in [0.15, 0.2) is 0 Å². The zero-order valence-corrected chi connectivity index (χ0v) is 11.2. The summed E-state index contributed by atoms with van der Waals surface area (Å²) in [5, 5.41) is 7.05. The molecular formula is C14H16N4O2. The molecule has 3 rings (SSSR count). The Morgan fingerprint density at radius 2 is 2.20 bits per heavy atom. The molecule has 1 saturated heterocycles. The summed E-state index contributed by atoms with van der Waals surface area (Å²) >= 11 is 0. The number of carbonyl (C=O) groups is 1. The predicted octanol–water partition coefficient (Wildman–Crippen LogP) is 1.77. The van der Waals surface area contributed by atoms with Crippen LogP contribution in [0.3, 0.4) is 0 Å². The lowest BCUT2D eigenvalue weighted by molar-refractivity contribution is 0.0980. The molecule has 1 aromatic carbocycles. The largest absolute Gasteiger partial charge is 0.337 e. The maximum Gasteiger partial charge on any atom is 0.299 e. The number of anilines is 1. The lowest BCUT2D eigenvalue weighted by Gasteiger charge is -2.14.